The smallest absolute Gasteiger partial charge is 0.123 e. The summed E-state index contributed by atoms with van der Waals surface area (Å²) in [6.45, 7) is 0. The molecule has 3 rings (SSSR count). The fraction of sp³-hybridized carbons (Fsp3) is 0.300. The first-order valence-corrected chi connectivity index (χ1v) is 5.24. The van der Waals surface area contributed by atoms with Gasteiger partial charge >= 0.3 is 0 Å². The van der Waals surface area contributed by atoms with E-state index < -0.39 is 0 Å². The van der Waals surface area contributed by atoms with Crippen LogP contribution in [-0.4, -0.2) is 8.94 Å². The first-order chi connectivity index (χ1) is 6.38. The van der Waals surface area contributed by atoms with E-state index in [4.69, 9.17) is 0 Å². The van der Waals surface area contributed by atoms with Crippen molar-refractivity contribution in [3.05, 3.63) is 23.5 Å². The van der Waals surface area contributed by atoms with Crippen LogP contribution in [0.1, 0.15) is 17.7 Å². The predicted octanol–water partition coefficient (Wildman–Crippen LogP) is 2.59. The highest BCUT2D eigenvalue weighted by Gasteiger charge is 2.15. The number of fused-ring (bicyclic) bond motifs is 3. The molecule has 0 amide bonds. The van der Waals surface area contributed by atoms with E-state index in [2.05, 4.69) is 28.1 Å². The SMILES string of the molecule is Cn1c2c(c3cnsc31)C=CCC2. The van der Waals surface area contributed by atoms with Crippen LogP contribution in [0, 0.1) is 0 Å². The van der Waals surface area contributed by atoms with Gasteiger partial charge in [-0.3, -0.25) is 0 Å². The van der Waals surface area contributed by atoms with Gasteiger partial charge in [0, 0.05) is 23.7 Å². The lowest BCUT2D eigenvalue weighted by atomic mass is 10.0. The van der Waals surface area contributed by atoms with Gasteiger partial charge in [0.1, 0.15) is 4.83 Å². The Morgan fingerprint density at radius 1 is 1.54 bits per heavy atom. The molecule has 3 heteroatoms. The molecule has 0 aliphatic heterocycles. The molecule has 0 saturated heterocycles. The lowest BCUT2D eigenvalue weighted by Gasteiger charge is -2.07. The minimum Gasteiger partial charge on any atom is -0.338 e. The van der Waals surface area contributed by atoms with Gasteiger partial charge in [0.05, 0.1) is 6.20 Å². The summed E-state index contributed by atoms with van der Waals surface area (Å²) in [7, 11) is 2.14. The zero-order valence-corrected chi connectivity index (χ0v) is 8.27. The Morgan fingerprint density at radius 3 is 3.38 bits per heavy atom. The third-order valence-corrected chi connectivity index (χ3v) is 3.57. The maximum absolute atomic E-state index is 4.22. The summed E-state index contributed by atoms with van der Waals surface area (Å²) >= 11 is 1.59. The van der Waals surface area contributed by atoms with Gasteiger partial charge in [0.2, 0.25) is 0 Å². The molecular formula is C10H10N2S. The molecule has 0 fully saturated rings. The van der Waals surface area contributed by atoms with Crippen LogP contribution in [0.25, 0.3) is 16.3 Å². The van der Waals surface area contributed by atoms with Gasteiger partial charge in [0.15, 0.2) is 0 Å². The predicted molar refractivity (Wildman–Crippen MR) is 55.9 cm³/mol. The zero-order chi connectivity index (χ0) is 8.84. The highest BCUT2D eigenvalue weighted by molar-refractivity contribution is 7.12. The van der Waals surface area contributed by atoms with Crippen molar-refractivity contribution < 1.29 is 0 Å². The van der Waals surface area contributed by atoms with Gasteiger partial charge in [-0.15, -0.1) is 0 Å². The van der Waals surface area contributed by atoms with Crippen molar-refractivity contribution in [2.45, 2.75) is 12.8 Å². The normalized spacial score (nSPS) is 15.2. The number of aromatic nitrogens is 2. The van der Waals surface area contributed by atoms with Crippen molar-refractivity contribution >= 4 is 27.8 Å². The van der Waals surface area contributed by atoms with E-state index in [9.17, 15) is 0 Å². The van der Waals surface area contributed by atoms with E-state index in [0.717, 1.165) is 0 Å². The van der Waals surface area contributed by atoms with Crippen molar-refractivity contribution in [2.75, 3.05) is 0 Å². The molecule has 1 aliphatic carbocycles. The number of hydrogen-bond acceptors (Lipinski definition) is 2. The van der Waals surface area contributed by atoms with Crippen LogP contribution >= 0.6 is 11.5 Å². The molecule has 0 atom stereocenters. The van der Waals surface area contributed by atoms with Gasteiger partial charge in [-0.1, -0.05) is 12.2 Å². The Labute approximate surface area is 80.7 Å². The second-order valence-corrected chi connectivity index (χ2v) is 4.19. The van der Waals surface area contributed by atoms with Crippen LogP contribution in [0.3, 0.4) is 0 Å². The molecule has 2 heterocycles. The van der Waals surface area contributed by atoms with Crippen molar-refractivity contribution in [3.8, 4) is 0 Å². The summed E-state index contributed by atoms with van der Waals surface area (Å²) in [5.74, 6) is 0. The van der Waals surface area contributed by atoms with E-state index in [1.807, 2.05) is 6.20 Å². The van der Waals surface area contributed by atoms with E-state index in [1.54, 1.807) is 11.5 Å². The summed E-state index contributed by atoms with van der Waals surface area (Å²) in [6.07, 6.45) is 8.80. The van der Waals surface area contributed by atoms with Gasteiger partial charge < -0.3 is 4.57 Å². The van der Waals surface area contributed by atoms with Gasteiger partial charge in [-0.2, -0.15) is 4.37 Å². The Kier molecular flexibility index (Phi) is 1.38. The summed E-state index contributed by atoms with van der Waals surface area (Å²) in [5.41, 5.74) is 2.85. The average Bonchev–Trinajstić information content (AvgIpc) is 2.72. The first-order valence-electron chi connectivity index (χ1n) is 4.46. The Morgan fingerprint density at radius 2 is 2.46 bits per heavy atom. The molecular weight excluding hydrogens is 180 g/mol. The monoisotopic (exact) mass is 190 g/mol. The van der Waals surface area contributed by atoms with Gasteiger partial charge in [-0.25, -0.2) is 0 Å². The number of hydrogen-bond donors (Lipinski definition) is 0. The number of allylic oxidation sites excluding steroid dienone is 1. The molecule has 2 aromatic heterocycles. The highest BCUT2D eigenvalue weighted by atomic mass is 32.1. The molecule has 0 N–H and O–H groups in total. The molecule has 13 heavy (non-hydrogen) atoms. The van der Waals surface area contributed by atoms with E-state index in [-0.39, 0.29) is 0 Å². The Balaban J connectivity index is 2.48. The largest absolute Gasteiger partial charge is 0.338 e. The lowest BCUT2D eigenvalue weighted by molar-refractivity contribution is 0.828. The van der Waals surface area contributed by atoms with E-state index in [0.29, 0.717) is 0 Å². The van der Waals surface area contributed by atoms with Crippen LogP contribution < -0.4 is 0 Å². The minimum absolute atomic E-state index is 1.17. The fourth-order valence-corrected chi connectivity index (χ4v) is 2.78. The van der Waals surface area contributed by atoms with Crippen molar-refractivity contribution in [1.29, 1.82) is 0 Å². The van der Waals surface area contributed by atoms with E-state index in [1.165, 1.54) is 34.3 Å². The van der Waals surface area contributed by atoms with Crippen LogP contribution in [0.5, 0.6) is 0 Å². The van der Waals surface area contributed by atoms with Crippen molar-refractivity contribution in [1.82, 2.24) is 8.94 Å². The van der Waals surface area contributed by atoms with Gasteiger partial charge in [0.25, 0.3) is 0 Å². The molecule has 2 aromatic rings. The molecule has 0 bridgehead atoms. The Bertz CT molecular complexity index is 490. The van der Waals surface area contributed by atoms with Crippen LogP contribution in [0.2, 0.25) is 0 Å². The number of aryl methyl sites for hydroxylation is 1. The second-order valence-electron chi connectivity index (χ2n) is 3.41. The maximum Gasteiger partial charge on any atom is 0.123 e. The number of rotatable bonds is 0. The summed E-state index contributed by atoms with van der Waals surface area (Å²) < 4.78 is 6.50. The lowest BCUT2D eigenvalue weighted by Crippen LogP contribution is -1.99. The molecule has 66 valence electrons. The molecule has 0 spiro atoms. The zero-order valence-electron chi connectivity index (χ0n) is 7.45. The van der Waals surface area contributed by atoms with Crippen LogP contribution in [0.4, 0.5) is 0 Å². The minimum atomic E-state index is 1.17. The second kappa shape index (κ2) is 2.45. The van der Waals surface area contributed by atoms with Gasteiger partial charge in [-0.05, 0) is 24.4 Å². The van der Waals surface area contributed by atoms with E-state index >= 15 is 0 Å². The molecule has 0 saturated carbocycles. The Hall–Kier alpha value is -1.09. The summed E-state index contributed by atoms with van der Waals surface area (Å²) in [6, 6.07) is 0. The quantitative estimate of drug-likeness (QED) is 0.624. The van der Waals surface area contributed by atoms with Crippen LogP contribution in [0.15, 0.2) is 12.3 Å². The molecule has 2 nitrogen and oxygen atoms in total. The summed E-state index contributed by atoms with van der Waals surface area (Å²) in [5, 5.41) is 1.32. The molecule has 0 unspecified atom stereocenters. The average molecular weight is 190 g/mol. The third kappa shape index (κ3) is 0.851. The molecule has 0 radical (unpaired) electrons. The molecule has 0 aromatic carbocycles. The standard InChI is InChI=1S/C10H10N2S/c1-12-9-5-3-2-4-7(9)8-6-11-13-10(8)12/h2,4,6H,3,5H2,1H3. The highest BCUT2D eigenvalue weighted by Crippen LogP contribution is 2.31. The fourth-order valence-electron chi connectivity index (χ4n) is 2.03. The summed E-state index contributed by atoms with van der Waals surface area (Å²) in [4.78, 5) is 1.30. The molecule has 1 aliphatic rings. The first kappa shape index (κ1) is 7.33. The van der Waals surface area contributed by atoms with Crippen molar-refractivity contribution in [3.63, 3.8) is 0 Å². The number of nitrogens with zero attached hydrogens (tertiary/aromatic N) is 2. The third-order valence-electron chi connectivity index (χ3n) is 2.69. The van der Waals surface area contributed by atoms with Crippen molar-refractivity contribution in [2.24, 2.45) is 7.05 Å². The maximum atomic E-state index is 4.22. The topological polar surface area (TPSA) is 17.8 Å². The van der Waals surface area contributed by atoms with Crippen LogP contribution in [-0.2, 0) is 13.5 Å².